The Balaban J connectivity index is 2.08. The molecule has 0 radical (unpaired) electrons. The van der Waals surface area contributed by atoms with Crippen LogP contribution >= 0.6 is 11.3 Å². The molecule has 4 rings (SSSR count). The standard InChI is InChI=1S/C22H20N2O3S/c1-14-8-3-4-9-15(14)20-23-21-18(22(26)24(20)12-7-13-27-2)19(25)16-10-5-6-11-17(16)28-21/h3-6,8-11H,7,12-13H2,1-2H3. The van der Waals surface area contributed by atoms with Gasteiger partial charge in [-0.05, 0) is 31.0 Å². The molecule has 0 bridgehead atoms. The van der Waals surface area contributed by atoms with Crippen LogP contribution in [0.15, 0.2) is 58.1 Å². The van der Waals surface area contributed by atoms with Crippen molar-refractivity contribution in [3.05, 3.63) is 74.7 Å². The zero-order chi connectivity index (χ0) is 19.7. The lowest BCUT2D eigenvalue weighted by atomic mass is 10.1. The van der Waals surface area contributed by atoms with Crippen LogP contribution in [0.25, 0.3) is 31.7 Å². The molecule has 0 atom stereocenters. The summed E-state index contributed by atoms with van der Waals surface area (Å²) >= 11 is 1.38. The van der Waals surface area contributed by atoms with E-state index in [1.54, 1.807) is 17.7 Å². The highest BCUT2D eigenvalue weighted by atomic mass is 32.1. The van der Waals surface area contributed by atoms with Crippen LogP contribution < -0.4 is 11.0 Å². The summed E-state index contributed by atoms with van der Waals surface area (Å²) in [5.41, 5.74) is 1.39. The molecule has 2 heterocycles. The minimum Gasteiger partial charge on any atom is -0.385 e. The molecule has 2 aromatic heterocycles. The van der Waals surface area contributed by atoms with Gasteiger partial charge in [-0.25, -0.2) is 4.98 Å². The quantitative estimate of drug-likeness (QED) is 0.381. The SMILES string of the molecule is COCCCn1c(-c2ccccc2C)nc2sc3ccccc3c(=O)c2c1=O. The molecule has 2 aromatic carbocycles. The van der Waals surface area contributed by atoms with Gasteiger partial charge < -0.3 is 4.74 Å². The van der Waals surface area contributed by atoms with Crippen LogP contribution in [0, 0.1) is 6.92 Å². The Bertz CT molecular complexity index is 1290. The first kappa shape index (κ1) is 18.5. The zero-order valence-electron chi connectivity index (χ0n) is 15.8. The molecule has 0 saturated heterocycles. The van der Waals surface area contributed by atoms with Crippen molar-refractivity contribution < 1.29 is 4.74 Å². The molecule has 0 unspecified atom stereocenters. The number of rotatable bonds is 5. The predicted octanol–water partition coefficient (Wildman–Crippen LogP) is 3.98. The zero-order valence-corrected chi connectivity index (χ0v) is 16.6. The summed E-state index contributed by atoms with van der Waals surface area (Å²) in [4.78, 5) is 31.7. The number of aromatic nitrogens is 2. The smallest absolute Gasteiger partial charge is 0.266 e. The average molecular weight is 392 g/mol. The molecule has 0 aliphatic carbocycles. The molecule has 28 heavy (non-hydrogen) atoms. The number of fused-ring (bicyclic) bond motifs is 2. The summed E-state index contributed by atoms with van der Waals surface area (Å²) in [6, 6.07) is 15.2. The highest BCUT2D eigenvalue weighted by Crippen LogP contribution is 2.26. The first-order chi connectivity index (χ1) is 13.6. The average Bonchev–Trinajstić information content (AvgIpc) is 2.70. The molecule has 142 valence electrons. The summed E-state index contributed by atoms with van der Waals surface area (Å²) in [5.74, 6) is 0.595. The third-order valence-electron chi connectivity index (χ3n) is 4.82. The van der Waals surface area contributed by atoms with Crippen LogP contribution in [-0.2, 0) is 11.3 Å². The Labute approximate surface area is 165 Å². The number of methoxy groups -OCH3 is 1. The highest BCUT2D eigenvalue weighted by molar-refractivity contribution is 7.24. The molecule has 5 nitrogen and oxygen atoms in total. The van der Waals surface area contributed by atoms with Gasteiger partial charge in [0.25, 0.3) is 5.56 Å². The number of ether oxygens (including phenoxy) is 1. The van der Waals surface area contributed by atoms with Crippen molar-refractivity contribution in [1.29, 1.82) is 0 Å². The van der Waals surface area contributed by atoms with Crippen LogP contribution in [0.2, 0.25) is 0 Å². The van der Waals surface area contributed by atoms with Gasteiger partial charge in [-0.1, -0.05) is 36.4 Å². The van der Waals surface area contributed by atoms with Crippen LogP contribution in [0.3, 0.4) is 0 Å². The maximum Gasteiger partial charge on any atom is 0.266 e. The van der Waals surface area contributed by atoms with Crippen molar-refractivity contribution in [3.8, 4) is 11.4 Å². The van der Waals surface area contributed by atoms with Gasteiger partial charge in [-0.15, -0.1) is 11.3 Å². The molecule has 4 aromatic rings. The van der Waals surface area contributed by atoms with E-state index in [1.807, 2.05) is 49.4 Å². The Morgan fingerprint density at radius 3 is 2.61 bits per heavy atom. The van der Waals surface area contributed by atoms with Gasteiger partial charge in [0.1, 0.15) is 16.0 Å². The van der Waals surface area contributed by atoms with Crippen molar-refractivity contribution >= 4 is 31.6 Å². The number of nitrogens with zero attached hydrogens (tertiary/aromatic N) is 2. The molecule has 0 saturated carbocycles. The number of benzene rings is 2. The number of hydrogen-bond donors (Lipinski definition) is 0. The molecular formula is C22H20N2O3S. The molecular weight excluding hydrogens is 372 g/mol. The van der Waals surface area contributed by atoms with Crippen LogP contribution in [0.4, 0.5) is 0 Å². The van der Waals surface area contributed by atoms with E-state index in [1.165, 1.54) is 11.3 Å². The fourth-order valence-electron chi connectivity index (χ4n) is 3.39. The van der Waals surface area contributed by atoms with E-state index in [-0.39, 0.29) is 16.4 Å². The molecule has 0 aliphatic heterocycles. The fourth-order valence-corrected chi connectivity index (χ4v) is 4.43. The van der Waals surface area contributed by atoms with Crippen molar-refractivity contribution in [2.45, 2.75) is 19.9 Å². The lowest BCUT2D eigenvalue weighted by Crippen LogP contribution is -2.28. The largest absolute Gasteiger partial charge is 0.385 e. The van der Waals surface area contributed by atoms with Gasteiger partial charge in [-0.3, -0.25) is 14.2 Å². The Morgan fingerprint density at radius 2 is 1.82 bits per heavy atom. The van der Waals surface area contributed by atoms with Crippen LogP contribution in [-0.4, -0.2) is 23.3 Å². The van der Waals surface area contributed by atoms with E-state index >= 15 is 0 Å². The maximum absolute atomic E-state index is 13.4. The maximum atomic E-state index is 13.4. The third-order valence-corrected chi connectivity index (χ3v) is 5.88. The monoisotopic (exact) mass is 392 g/mol. The summed E-state index contributed by atoms with van der Waals surface area (Å²) in [6.07, 6.45) is 0.660. The molecule has 0 aliphatic rings. The second-order valence-corrected chi connectivity index (χ2v) is 7.69. The van der Waals surface area contributed by atoms with Gasteiger partial charge in [-0.2, -0.15) is 0 Å². The van der Waals surface area contributed by atoms with E-state index in [0.29, 0.717) is 35.6 Å². The van der Waals surface area contributed by atoms with E-state index in [0.717, 1.165) is 15.8 Å². The van der Waals surface area contributed by atoms with Crippen LogP contribution in [0.5, 0.6) is 0 Å². The minimum absolute atomic E-state index is 0.165. The fraction of sp³-hybridized carbons (Fsp3) is 0.227. The topological polar surface area (TPSA) is 61.2 Å². The normalized spacial score (nSPS) is 11.4. The summed E-state index contributed by atoms with van der Waals surface area (Å²) in [5, 5.41) is 0.726. The highest BCUT2D eigenvalue weighted by Gasteiger charge is 2.18. The summed E-state index contributed by atoms with van der Waals surface area (Å²) < 4.78 is 7.60. The molecule has 0 N–H and O–H groups in total. The predicted molar refractivity (Wildman–Crippen MR) is 114 cm³/mol. The molecule has 0 amide bonds. The first-order valence-corrected chi connectivity index (χ1v) is 9.95. The third kappa shape index (κ3) is 3.15. The van der Waals surface area contributed by atoms with Crippen molar-refractivity contribution in [1.82, 2.24) is 9.55 Å². The number of aryl methyl sites for hydroxylation is 1. The van der Waals surface area contributed by atoms with Crippen molar-refractivity contribution in [2.24, 2.45) is 0 Å². The molecule has 0 fully saturated rings. The van der Waals surface area contributed by atoms with E-state index in [4.69, 9.17) is 9.72 Å². The Hall–Kier alpha value is -2.83. The lowest BCUT2D eigenvalue weighted by molar-refractivity contribution is 0.190. The Morgan fingerprint density at radius 1 is 1.07 bits per heavy atom. The van der Waals surface area contributed by atoms with Gasteiger partial charge in [0.15, 0.2) is 0 Å². The van der Waals surface area contributed by atoms with Gasteiger partial charge in [0, 0.05) is 35.9 Å². The summed E-state index contributed by atoms with van der Waals surface area (Å²) in [7, 11) is 1.63. The molecule has 6 heteroatoms. The van der Waals surface area contributed by atoms with E-state index in [2.05, 4.69) is 0 Å². The second-order valence-electron chi connectivity index (χ2n) is 6.66. The van der Waals surface area contributed by atoms with Crippen molar-refractivity contribution in [3.63, 3.8) is 0 Å². The van der Waals surface area contributed by atoms with Crippen LogP contribution in [0.1, 0.15) is 12.0 Å². The molecule has 0 spiro atoms. The van der Waals surface area contributed by atoms with Gasteiger partial charge >= 0.3 is 0 Å². The van der Waals surface area contributed by atoms with E-state index < -0.39 is 0 Å². The second kappa shape index (κ2) is 7.66. The van der Waals surface area contributed by atoms with Crippen molar-refractivity contribution in [2.75, 3.05) is 13.7 Å². The summed E-state index contributed by atoms with van der Waals surface area (Å²) in [6.45, 7) is 2.96. The lowest BCUT2D eigenvalue weighted by Gasteiger charge is -2.15. The minimum atomic E-state index is -0.286. The van der Waals surface area contributed by atoms with Gasteiger partial charge in [0.05, 0.1) is 0 Å². The number of hydrogen-bond acceptors (Lipinski definition) is 5. The Kier molecular flexibility index (Phi) is 5.07. The van der Waals surface area contributed by atoms with Gasteiger partial charge in [0.2, 0.25) is 5.43 Å². The van der Waals surface area contributed by atoms with E-state index in [9.17, 15) is 9.59 Å². The first-order valence-electron chi connectivity index (χ1n) is 9.13.